The molecule has 4 nitrogen and oxygen atoms in total. The molecule has 0 spiro atoms. The highest BCUT2D eigenvalue weighted by molar-refractivity contribution is 7.99. The summed E-state index contributed by atoms with van der Waals surface area (Å²) in [7, 11) is 3.39. The summed E-state index contributed by atoms with van der Waals surface area (Å²) in [5, 5.41) is 6.40. The molecule has 20 heavy (non-hydrogen) atoms. The molecule has 1 aromatic carbocycles. The highest BCUT2D eigenvalue weighted by atomic mass is 32.2. The molecule has 2 N–H and O–H groups in total. The van der Waals surface area contributed by atoms with E-state index in [1.165, 1.54) is 17.8 Å². The van der Waals surface area contributed by atoms with Crippen LogP contribution >= 0.6 is 11.8 Å². The zero-order chi connectivity index (χ0) is 14.8. The smallest absolute Gasteiger partial charge is 0.191 e. The van der Waals surface area contributed by atoms with Gasteiger partial charge in [-0.05, 0) is 19.1 Å². The number of aliphatic imine (C=N–C) groups is 1. The molecular formula is C14H22FN3OS. The quantitative estimate of drug-likeness (QED) is 0.350. The van der Waals surface area contributed by atoms with Crippen molar-refractivity contribution in [3.05, 3.63) is 30.1 Å². The van der Waals surface area contributed by atoms with Crippen LogP contribution in [-0.4, -0.2) is 45.1 Å². The van der Waals surface area contributed by atoms with Crippen molar-refractivity contribution in [1.82, 2.24) is 10.6 Å². The van der Waals surface area contributed by atoms with Gasteiger partial charge in [0.25, 0.3) is 0 Å². The van der Waals surface area contributed by atoms with Gasteiger partial charge in [-0.2, -0.15) is 0 Å². The Balaban J connectivity index is 2.27. The van der Waals surface area contributed by atoms with Crippen molar-refractivity contribution in [1.29, 1.82) is 0 Å². The van der Waals surface area contributed by atoms with Crippen molar-refractivity contribution in [3.8, 4) is 0 Å². The maximum atomic E-state index is 13.4. The fourth-order valence-electron chi connectivity index (χ4n) is 1.61. The minimum atomic E-state index is -0.172. The summed E-state index contributed by atoms with van der Waals surface area (Å²) in [5.74, 6) is 1.32. The lowest BCUT2D eigenvalue weighted by atomic mass is 10.3. The topological polar surface area (TPSA) is 45.7 Å². The monoisotopic (exact) mass is 299 g/mol. The molecule has 0 saturated heterocycles. The van der Waals surface area contributed by atoms with Gasteiger partial charge in [-0.15, -0.1) is 11.8 Å². The molecule has 0 saturated carbocycles. The van der Waals surface area contributed by atoms with Crippen molar-refractivity contribution >= 4 is 17.7 Å². The van der Waals surface area contributed by atoms with Crippen LogP contribution in [0.3, 0.4) is 0 Å². The van der Waals surface area contributed by atoms with E-state index in [1.807, 2.05) is 13.0 Å². The van der Waals surface area contributed by atoms with Crippen LogP contribution < -0.4 is 10.6 Å². The van der Waals surface area contributed by atoms with Crippen molar-refractivity contribution < 1.29 is 9.13 Å². The maximum absolute atomic E-state index is 13.4. The minimum absolute atomic E-state index is 0.172. The second kappa shape index (κ2) is 9.61. The molecule has 1 atom stereocenters. The zero-order valence-corrected chi connectivity index (χ0v) is 13.0. The van der Waals surface area contributed by atoms with Gasteiger partial charge in [-0.1, -0.05) is 12.1 Å². The Morgan fingerprint density at radius 2 is 2.20 bits per heavy atom. The number of hydrogen-bond donors (Lipinski definition) is 2. The van der Waals surface area contributed by atoms with E-state index in [0.717, 1.165) is 11.7 Å². The lowest BCUT2D eigenvalue weighted by Crippen LogP contribution is -2.44. The van der Waals surface area contributed by atoms with Crippen LogP contribution in [0, 0.1) is 5.82 Å². The van der Waals surface area contributed by atoms with Crippen LogP contribution in [-0.2, 0) is 4.74 Å². The Labute approximate surface area is 124 Å². The number of benzene rings is 1. The van der Waals surface area contributed by atoms with Gasteiger partial charge in [0.15, 0.2) is 5.96 Å². The third-order valence-corrected chi connectivity index (χ3v) is 3.56. The first-order valence-corrected chi connectivity index (χ1v) is 7.49. The average molecular weight is 299 g/mol. The summed E-state index contributed by atoms with van der Waals surface area (Å²) >= 11 is 1.48. The molecule has 0 aliphatic rings. The molecule has 0 radical (unpaired) electrons. The van der Waals surface area contributed by atoms with E-state index in [1.54, 1.807) is 26.3 Å². The molecule has 0 amide bonds. The summed E-state index contributed by atoms with van der Waals surface area (Å²) in [6, 6.07) is 6.98. The molecular weight excluding hydrogens is 277 g/mol. The van der Waals surface area contributed by atoms with Crippen molar-refractivity contribution in [3.63, 3.8) is 0 Å². The Hall–Kier alpha value is -1.27. The second-order valence-corrected chi connectivity index (χ2v) is 5.42. The summed E-state index contributed by atoms with van der Waals surface area (Å²) < 4.78 is 18.5. The first-order valence-electron chi connectivity index (χ1n) is 6.50. The molecule has 0 aliphatic carbocycles. The number of halogens is 1. The van der Waals surface area contributed by atoms with Gasteiger partial charge in [0.2, 0.25) is 0 Å². The molecule has 0 bridgehead atoms. The van der Waals surface area contributed by atoms with Gasteiger partial charge < -0.3 is 15.4 Å². The minimum Gasteiger partial charge on any atom is -0.383 e. The Bertz CT molecular complexity index is 429. The van der Waals surface area contributed by atoms with E-state index in [9.17, 15) is 4.39 Å². The van der Waals surface area contributed by atoms with E-state index >= 15 is 0 Å². The lowest BCUT2D eigenvalue weighted by Gasteiger charge is -2.17. The summed E-state index contributed by atoms with van der Waals surface area (Å²) in [6.45, 7) is 3.34. The average Bonchev–Trinajstić information content (AvgIpc) is 2.44. The summed E-state index contributed by atoms with van der Waals surface area (Å²) in [6.07, 6.45) is 0. The molecule has 0 aromatic heterocycles. The van der Waals surface area contributed by atoms with Crippen molar-refractivity contribution in [2.24, 2.45) is 4.99 Å². The van der Waals surface area contributed by atoms with E-state index in [-0.39, 0.29) is 11.9 Å². The molecule has 0 heterocycles. The van der Waals surface area contributed by atoms with Gasteiger partial charge in [0, 0.05) is 37.4 Å². The number of ether oxygens (including phenoxy) is 1. The molecule has 1 aromatic rings. The predicted octanol–water partition coefficient (Wildman–Crippen LogP) is 2.12. The third kappa shape index (κ3) is 6.25. The van der Waals surface area contributed by atoms with E-state index in [2.05, 4.69) is 15.6 Å². The highest BCUT2D eigenvalue weighted by Gasteiger charge is 2.05. The van der Waals surface area contributed by atoms with E-state index in [0.29, 0.717) is 18.0 Å². The molecule has 0 aliphatic heterocycles. The Kier molecular flexibility index (Phi) is 8.06. The Morgan fingerprint density at radius 3 is 2.85 bits per heavy atom. The van der Waals surface area contributed by atoms with Gasteiger partial charge in [-0.25, -0.2) is 4.39 Å². The number of nitrogens with one attached hydrogen (secondary N) is 2. The second-order valence-electron chi connectivity index (χ2n) is 4.28. The SMILES string of the molecule is CN=C(NCCSc1ccccc1F)NC(C)COC. The number of rotatable bonds is 7. The predicted molar refractivity (Wildman–Crippen MR) is 83.0 cm³/mol. The van der Waals surface area contributed by atoms with Crippen LogP contribution in [0.1, 0.15) is 6.92 Å². The molecule has 1 rings (SSSR count). The molecule has 112 valence electrons. The van der Waals surface area contributed by atoms with Gasteiger partial charge in [-0.3, -0.25) is 4.99 Å². The van der Waals surface area contributed by atoms with Gasteiger partial charge in [0.1, 0.15) is 5.82 Å². The number of thioether (sulfide) groups is 1. The van der Waals surface area contributed by atoms with Gasteiger partial charge >= 0.3 is 0 Å². The largest absolute Gasteiger partial charge is 0.383 e. The van der Waals surface area contributed by atoms with E-state index < -0.39 is 0 Å². The van der Waals surface area contributed by atoms with Crippen LogP contribution in [0.4, 0.5) is 4.39 Å². The highest BCUT2D eigenvalue weighted by Crippen LogP contribution is 2.20. The first-order chi connectivity index (χ1) is 9.67. The fraction of sp³-hybridized carbons (Fsp3) is 0.500. The zero-order valence-electron chi connectivity index (χ0n) is 12.1. The maximum Gasteiger partial charge on any atom is 0.191 e. The van der Waals surface area contributed by atoms with Crippen LogP contribution in [0.25, 0.3) is 0 Å². The van der Waals surface area contributed by atoms with Crippen LogP contribution in [0.2, 0.25) is 0 Å². The normalized spacial score (nSPS) is 13.1. The van der Waals surface area contributed by atoms with Crippen molar-refractivity contribution in [2.75, 3.05) is 33.1 Å². The number of guanidine groups is 1. The number of hydrogen-bond acceptors (Lipinski definition) is 3. The lowest BCUT2D eigenvalue weighted by molar-refractivity contribution is 0.179. The van der Waals surface area contributed by atoms with Crippen molar-refractivity contribution in [2.45, 2.75) is 17.9 Å². The number of nitrogens with zero attached hydrogens (tertiary/aromatic N) is 1. The van der Waals surface area contributed by atoms with Gasteiger partial charge in [0.05, 0.1) is 6.61 Å². The summed E-state index contributed by atoms with van der Waals surface area (Å²) in [4.78, 5) is 4.80. The third-order valence-electron chi connectivity index (χ3n) is 2.51. The summed E-state index contributed by atoms with van der Waals surface area (Å²) in [5.41, 5.74) is 0. The molecule has 6 heteroatoms. The fourth-order valence-corrected chi connectivity index (χ4v) is 2.42. The van der Waals surface area contributed by atoms with Crippen LogP contribution in [0.15, 0.2) is 34.2 Å². The number of methoxy groups -OCH3 is 1. The van der Waals surface area contributed by atoms with Crippen LogP contribution in [0.5, 0.6) is 0 Å². The molecule has 0 fully saturated rings. The Morgan fingerprint density at radius 1 is 1.45 bits per heavy atom. The molecule has 1 unspecified atom stereocenters. The van der Waals surface area contributed by atoms with E-state index in [4.69, 9.17) is 4.74 Å². The standard InChI is InChI=1S/C14H22FN3OS/c1-11(10-19-3)18-14(16-2)17-8-9-20-13-7-5-4-6-12(13)15/h4-7,11H,8-10H2,1-3H3,(H2,16,17,18). The first kappa shape index (κ1) is 16.8.